The van der Waals surface area contributed by atoms with Crippen LogP contribution < -0.4 is 10.5 Å². The third-order valence-electron chi connectivity index (χ3n) is 3.21. The van der Waals surface area contributed by atoms with Crippen LogP contribution in [0, 0.1) is 0 Å². The summed E-state index contributed by atoms with van der Waals surface area (Å²) in [5, 5.41) is 0.726. The molecule has 0 radical (unpaired) electrons. The van der Waals surface area contributed by atoms with E-state index in [9.17, 15) is 13.2 Å². The highest BCUT2D eigenvalue weighted by atomic mass is 35.5. The quantitative estimate of drug-likeness (QED) is 0.712. The largest absolute Gasteiger partial charge is 0.573 e. The van der Waals surface area contributed by atoms with Crippen molar-refractivity contribution >= 4 is 28.3 Å². The normalized spacial score (nSPS) is 11.7. The first kappa shape index (κ1) is 15.4. The number of fused-ring (bicyclic) bond motifs is 1. The van der Waals surface area contributed by atoms with Crippen molar-refractivity contribution in [1.29, 1.82) is 0 Å². The minimum absolute atomic E-state index is 0.138. The number of nitrogens with two attached hydrogens (primary N) is 1. The average Bonchev–Trinajstić information content (AvgIpc) is 2.47. The third-order valence-corrected chi connectivity index (χ3v) is 3.51. The Balaban J connectivity index is 2.09. The predicted octanol–water partition coefficient (Wildman–Crippen LogP) is 5.04. The summed E-state index contributed by atoms with van der Waals surface area (Å²) in [5.41, 5.74) is 7.69. The van der Waals surface area contributed by atoms with Crippen LogP contribution in [0.5, 0.6) is 5.75 Å². The standard InChI is InChI=1S/C16H10ClF3N2O/c17-12-8-10(4-6-13(12)23-16(18,19)20)11-3-1-2-9-5-7-14(21)22-15(9)11/h1-8H,(H2,21,22). The van der Waals surface area contributed by atoms with E-state index in [4.69, 9.17) is 17.3 Å². The van der Waals surface area contributed by atoms with E-state index in [1.165, 1.54) is 18.2 Å². The zero-order valence-electron chi connectivity index (χ0n) is 11.6. The molecule has 3 rings (SSSR count). The van der Waals surface area contributed by atoms with Crippen LogP contribution in [0.2, 0.25) is 5.02 Å². The number of ether oxygens (including phenoxy) is 1. The molecule has 0 saturated heterocycles. The van der Waals surface area contributed by atoms with Crippen LogP contribution >= 0.6 is 11.6 Å². The van der Waals surface area contributed by atoms with Gasteiger partial charge in [0.15, 0.2) is 0 Å². The Bertz CT molecular complexity index is 881. The second-order valence-electron chi connectivity index (χ2n) is 4.81. The first-order valence-corrected chi connectivity index (χ1v) is 6.92. The number of halogens is 4. The Morgan fingerprint density at radius 1 is 1.04 bits per heavy atom. The first-order valence-electron chi connectivity index (χ1n) is 6.54. The van der Waals surface area contributed by atoms with E-state index in [0.29, 0.717) is 16.9 Å². The monoisotopic (exact) mass is 338 g/mol. The van der Waals surface area contributed by atoms with E-state index in [-0.39, 0.29) is 5.02 Å². The van der Waals surface area contributed by atoms with Crippen LogP contribution in [0.15, 0.2) is 48.5 Å². The van der Waals surface area contributed by atoms with Gasteiger partial charge in [-0.05, 0) is 29.8 Å². The summed E-state index contributed by atoms with van der Waals surface area (Å²) in [7, 11) is 0. The fourth-order valence-electron chi connectivity index (χ4n) is 2.27. The van der Waals surface area contributed by atoms with Crippen LogP contribution in [-0.4, -0.2) is 11.3 Å². The zero-order valence-corrected chi connectivity index (χ0v) is 12.3. The maximum absolute atomic E-state index is 12.3. The molecule has 118 valence electrons. The van der Waals surface area contributed by atoms with Gasteiger partial charge in [0.25, 0.3) is 0 Å². The van der Waals surface area contributed by atoms with E-state index >= 15 is 0 Å². The Morgan fingerprint density at radius 3 is 2.52 bits per heavy atom. The number of rotatable bonds is 2. The van der Waals surface area contributed by atoms with Crippen molar-refractivity contribution in [1.82, 2.24) is 4.98 Å². The van der Waals surface area contributed by atoms with Crippen molar-refractivity contribution in [3.63, 3.8) is 0 Å². The molecule has 2 N–H and O–H groups in total. The van der Waals surface area contributed by atoms with Gasteiger partial charge in [-0.15, -0.1) is 13.2 Å². The molecule has 2 aromatic carbocycles. The van der Waals surface area contributed by atoms with Gasteiger partial charge in [0.1, 0.15) is 11.6 Å². The summed E-state index contributed by atoms with van der Waals surface area (Å²) in [5.74, 6) is -0.0938. The van der Waals surface area contributed by atoms with Crippen molar-refractivity contribution in [2.75, 3.05) is 5.73 Å². The Labute approximate surface area is 134 Å². The molecule has 7 heteroatoms. The highest BCUT2D eigenvalue weighted by molar-refractivity contribution is 6.32. The number of pyridine rings is 1. The van der Waals surface area contributed by atoms with Gasteiger partial charge in [0, 0.05) is 10.9 Å². The summed E-state index contributed by atoms with van der Waals surface area (Å²) >= 11 is 5.90. The van der Waals surface area contributed by atoms with Gasteiger partial charge in [-0.1, -0.05) is 35.9 Å². The van der Waals surface area contributed by atoms with E-state index in [1.54, 1.807) is 12.1 Å². The van der Waals surface area contributed by atoms with Gasteiger partial charge in [0.2, 0.25) is 0 Å². The molecule has 0 bridgehead atoms. The van der Waals surface area contributed by atoms with Gasteiger partial charge in [-0.2, -0.15) is 0 Å². The van der Waals surface area contributed by atoms with Crippen molar-refractivity contribution in [2.24, 2.45) is 0 Å². The number of hydrogen-bond acceptors (Lipinski definition) is 3. The van der Waals surface area contributed by atoms with Gasteiger partial charge in [0.05, 0.1) is 10.5 Å². The van der Waals surface area contributed by atoms with Crippen molar-refractivity contribution < 1.29 is 17.9 Å². The summed E-state index contributed by atoms with van der Waals surface area (Å²) in [6, 6.07) is 13.1. The van der Waals surface area contributed by atoms with Gasteiger partial charge < -0.3 is 10.5 Å². The molecule has 0 spiro atoms. The average molecular weight is 339 g/mol. The molecular weight excluding hydrogens is 329 g/mol. The lowest BCUT2D eigenvalue weighted by atomic mass is 10.0. The molecular formula is C16H10ClF3N2O. The molecule has 0 amide bonds. The van der Waals surface area contributed by atoms with Crippen molar-refractivity contribution in [3.8, 4) is 16.9 Å². The van der Waals surface area contributed by atoms with Gasteiger partial charge >= 0.3 is 6.36 Å². The second kappa shape index (κ2) is 5.62. The first-order chi connectivity index (χ1) is 10.8. The fourth-order valence-corrected chi connectivity index (χ4v) is 2.49. The number of aromatic nitrogens is 1. The lowest BCUT2D eigenvalue weighted by Gasteiger charge is -2.12. The molecule has 0 aliphatic carbocycles. The molecule has 3 nitrogen and oxygen atoms in total. The van der Waals surface area contributed by atoms with Crippen LogP contribution in [0.3, 0.4) is 0 Å². The second-order valence-corrected chi connectivity index (χ2v) is 5.21. The number of hydrogen-bond donors (Lipinski definition) is 1. The van der Waals surface area contributed by atoms with Crippen LogP contribution in [0.1, 0.15) is 0 Å². The lowest BCUT2D eigenvalue weighted by molar-refractivity contribution is -0.274. The molecule has 0 fully saturated rings. The van der Waals surface area contributed by atoms with E-state index in [0.717, 1.165) is 10.9 Å². The molecule has 1 aromatic heterocycles. The number of benzene rings is 2. The van der Waals surface area contributed by atoms with Gasteiger partial charge in [-0.25, -0.2) is 4.98 Å². The third kappa shape index (κ3) is 3.32. The zero-order chi connectivity index (χ0) is 16.6. The number of nitrogens with zero attached hydrogens (tertiary/aromatic N) is 1. The Morgan fingerprint density at radius 2 is 1.83 bits per heavy atom. The van der Waals surface area contributed by atoms with Crippen molar-refractivity contribution in [3.05, 3.63) is 53.6 Å². The summed E-state index contributed by atoms with van der Waals surface area (Å²) < 4.78 is 40.7. The maximum Gasteiger partial charge on any atom is 0.573 e. The minimum Gasteiger partial charge on any atom is -0.404 e. The molecule has 0 aliphatic rings. The predicted molar refractivity (Wildman–Crippen MR) is 83.3 cm³/mol. The number of anilines is 1. The van der Waals surface area contributed by atoms with Crippen molar-refractivity contribution in [2.45, 2.75) is 6.36 Å². The van der Waals surface area contributed by atoms with Crippen LogP contribution in [0.25, 0.3) is 22.0 Å². The Kier molecular flexibility index (Phi) is 3.77. The molecule has 0 aliphatic heterocycles. The summed E-state index contributed by atoms with van der Waals surface area (Å²) in [6.45, 7) is 0. The molecule has 0 saturated carbocycles. The van der Waals surface area contributed by atoms with E-state index in [2.05, 4.69) is 9.72 Å². The number of nitrogen functional groups attached to an aromatic ring is 1. The maximum atomic E-state index is 12.3. The summed E-state index contributed by atoms with van der Waals surface area (Å²) in [6.07, 6.45) is -4.79. The molecule has 1 heterocycles. The highest BCUT2D eigenvalue weighted by Crippen LogP contribution is 2.35. The van der Waals surface area contributed by atoms with E-state index < -0.39 is 12.1 Å². The lowest BCUT2D eigenvalue weighted by Crippen LogP contribution is -2.17. The molecule has 0 atom stereocenters. The molecule has 23 heavy (non-hydrogen) atoms. The van der Waals surface area contributed by atoms with Gasteiger partial charge in [-0.3, -0.25) is 0 Å². The smallest absolute Gasteiger partial charge is 0.404 e. The molecule has 0 unspecified atom stereocenters. The SMILES string of the molecule is Nc1ccc2cccc(-c3ccc(OC(F)(F)F)c(Cl)c3)c2n1. The minimum atomic E-state index is -4.79. The highest BCUT2D eigenvalue weighted by Gasteiger charge is 2.32. The summed E-state index contributed by atoms with van der Waals surface area (Å²) in [4.78, 5) is 4.29. The number of para-hydroxylation sites is 1. The fraction of sp³-hybridized carbons (Fsp3) is 0.0625. The van der Waals surface area contributed by atoms with Crippen LogP contribution in [-0.2, 0) is 0 Å². The molecule has 3 aromatic rings. The number of alkyl halides is 3. The Hall–Kier alpha value is -2.47. The van der Waals surface area contributed by atoms with E-state index in [1.807, 2.05) is 18.2 Å². The van der Waals surface area contributed by atoms with Crippen LogP contribution in [0.4, 0.5) is 19.0 Å². The topological polar surface area (TPSA) is 48.1 Å².